The second kappa shape index (κ2) is 5.40. The number of thiophene rings is 1. The van der Waals surface area contributed by atoms with Crippen molar-refractivity contribution in [1.29, 1.82) is 0 Å². The summed E-state index contributed by atoms with van der Waals surface area (Å²) >= 11 is 1.54. The van der Waals surface area contributed by atoms with E-state index in [1.54, 1.807) is 4.90 Å². The first-order valence-electron chi connectivity index (χ1n) is 6.29. The highest BCUT2D eigenvalue weighted by Gasteiger charge is 2.30. The molecule has 1 unspecified atom stereocenters. The number of benzene rings is 1. The summed E-state index contributed by atoms with van der Waals surface area (Å²) in [6.45, 7) is 0.676. The van der Waals surface area contributed by atoms with E-state index in [9.17, 15) is 13.2 Å². The Kier molecular flexibility index (Phi) is 3.59. The average Bonchev–Trinajstić information content (AvgIpc) is 3.06. The van der Waals surface area contributed by atoms with Gasteiger partial charge in [0.15, 0.2) is 17.6 Å². The molecule has 0 radical (unpaired) electrons. The van der Waals surface area contributed by atoms with Crippen LogP contribution in [-0.4, -0.2) is 17.4 Å². The molecule has 0 saturated heterocycles. The zero-order valence-electron chi connectivity index (χ0n) is 10.9. The molecule has 0 amide bonds. The third-order valence-electron chi connectivity index (χ3n) is 3.40. The van der Waals surface area contributed by atoms with Crippen LogP contribution in [0.25, 0.3) is 0 Å². The molecule has 0 spiro atoms. The fourth-order valence-corrected chi connectivity index (χ4v) is 3.05. The number of hydrogen-bond donors (Lipinski definition) is 1. The Morgan fingerprint density at radius 2 is 2.00 bits per heavy atom. The molecule has 2 heterocycles. The lowest BCUT2D eigenvalue weighted by atomic mass is 10.0. The van der Waals surface area contributed by atoms with Crippen LogP contribution in [0, 0.1) is 17.5 Å². The van der Waals surface area contributed by atoms with Gasteiger partial charge in [-0.15, -0.1) is 11.3 Å². The van der Waals surface area contributed by atoms with Crippen LogP contribution in [0.3, 0.4) is 0 Å². The van der Waals surface area contributed by atoms with Crippen LogP contribution in [0.4, 0.5) is 13.2 Å². The standard InChI is InChI=1S/C14H12F3N3S/c15-10-5-12(17)11(16)4-9(10)13-6-19-14(18)20(13)7-8-2-1-3-21-8/h1-5,13H,6-7H2,(H2,18,19). The molecule has 3 nitrogen and oxygen atoms in total. The van der Waals surface area contributed by atoms with Gasteiger partial charge in [-0.3, -0.25) is 4.99 Å². The predicted molar refractivity (Wildman–Crippen MR) is 75.4 cm³/mol. The van der Waals surface area contributed by atoms with Crippen molar-refractivity contribution in [3.8, 4) is 0 Å². The van der Waals surface area contributed by atoms with Crippen LogP contribution in [0.5, 0.6) is 0 Å². The molecule has 1 aliphatic rings. The molecule has 7 heteroatoms. The fourth-order valence-electron chi connectivity index (χ4n) is 2.35. The summed E-state index contributed by atoms with van der Waals surface area (Å²) in [6, 6.07) is 4.74. The SMILES string of the molecule is NC1=NCC(c2cc(F)c(F)cc2F)N1Cc1cccs1. The summed E-state index contributed by atoms with van der Waals surface area (Å²) in [5.74, 6) is -2.79. The van der Waals surface area contributed by atoms with Crippen molar-refractivity contribution in [3.63, 3.8) is 0 Å². The molecule has 110 valence electrons. The van der Waals surface area contributed by atoms with Crippen LogP contribution < -0.4 is 5.73 Å². The molecule has 1 aromatic heterocycles. The van der Waals surface area contributed by atoms with Crippen molar-refractivity contribution in [2.75, 3.05) is 6.54 Å². The maximum atomic E-state index is 13.9. The number of guanidine groups is 1. The molecule has 0 bridgehead atoms. The first-order valence-corrected chi connectivity index (χ1v) is 7.17. The highest BCUT2D eigenvalue weighted by Crippen LogP contribution is 2.31. The number of nitrogens with zero attached hydrogens (tertiary/aromatic N) is 2. The maximum Gasteiger partial charge on any atom is 0.192 e. The zero-order chi connectivity index (χ0) is 15.0. The molecule has 1 aromatic carbocycles. The van der Waals surface area contributed by atoms with Gasteiger partial charge in [-0.2, -0.15) is 0 Å². The Morgan fingerprint density at radius 3 is 2.71 bits per heavy atom. The van der Waals surface area contributed by atoms with Crippen molar-refractivity contribution in [3.05, 3.63) is 57.5 Å². The predicted octanol–water partition coefficient (Wildman–Crippen LogP) is 3.04. The topological polar surface area (TPSA) is 41.6 Å². The van der Waals surface area contributed by atoms with Gasteiger partial charge in [0.05, 0.1) is 19.1 Å². The Morgan fingerprint density at radius 1 is 1.24 bits per heavy atom. The van der Waals surface area contributed by atoms with Gasteiger partial charge in [-0.1, -0.05) is 6.07 Å². The summed E-state index contributed by atoms with van der Waals surface area (Å²) in [7, 11) is 0. The normalized spacial score (nSPS) is 18.1. The molecule has 0 aliphatic carbocycles. The molecular weight excluding hydrogens is 299 g/mol. The molecule has 21 heavy (non-hydrogen) atoms. The lowest BCUT2D eigenvalue weighted by Gasteiger charge is -2.26. The van der Waals surface area contributed by atoms with E-state index in [2.05, 4.69) is 4.99 Å². The second-order valence-corrected chi connectivity index (χ2v) is 5.74. The van der Waals surface area contributed by atoms with Crippen molar-refractivity contribution >= 4 is 17.3 Å². The minimum Gasteiger partial charge on any atom is -0.370 e. The first-order chi connectivity index (χ1) is 10.1. The second-order valence-electron chi connectivity index (χ2n) is 4.71. The van der Waals surface area contributed by atoms with E-state index in [1.807, 2.05) is 17.5 Å². The molecule has 2 aromatic rings. The smallest absolute Gasteiger partial charge is 0.192 e. The number of hydrogen-bond acceptors (Lipinski definition) is 4. The van der Waals surface area contributed by atoms with Gasteiger partial charge in [0.25, 0.3) is 0 Å². The molecule has 3 rings (SSSR count). The Hall–Kier alpha value is -2.02. The number of rotatable bonds is 3. The summed E-state index contributed by atoms with van der Waals surface area (Å²) in [5, 5.41) is 1.92. The molecule has 0 saturated carbocycles. The maximum absolute atomic E-state index is 13.9. The highest BCUT2D eigenvalue weighted by molar-refractivity contribution is 7.09. The van der Waals surface area contributed by atoms with Crippen LogP contribution in [-0.2, 0) is 6.54 Å². The molecular formula is C14H12F3N3S. The van der Waals surface area contributed by atoms with Gasteiger partial charge in [-0.05, 0) is 17.5 Å². The van der Waals surface area contributed by atoms with Crippen molar-refractivity contribution in [2.24, 2.45) is 10.7 Å². The van der Waals surface area contributed by atoms with E-state index >= 15 is 0 Å². The minimum absolute atomic E-state index is 0.0645. The summed E-state index contributed by atoms with van der Waals surface area (Å²) in [5.41, 5.74) is 5.90. The fraction of sp³-hybridized carbons (Fsp3) is 0.214. The zero-order valence-corrected chi connectivity index (χ0v) is 11.7. The van der Waals surface area contributed by atoms with E-state index in [1.165, 1.54) is 11.3 Å². The summed E-state index contributed by atoms with van der Waals surface area (Å²) < 4.78 is 40.4. The van der Waals surface area contributed by atoms with E-state index in [0.29, 0.717) is 12.6 Å². The van der Waals surface area contributed by atoms with Crippen molar-refractivity contribution < 1.29 is 13.2 Å². The minimum atomic E-state index is -1.20. The van der Waals surface area contributed by atoms with Gasteiger partial charge in [0.1, 0.15) is 5.82 Å². The Labute approximate surface area is 123 Å². The third-order valence-corrected chi connectivity index (χ3v) is 4.26. The Bertz CT molecular complexity index is 685. The Balaban J connectivity index is 1.92. The van der Waals surface area contributed by atoms with Crippen LogP contribution >= 0.6 is 11.3 Å². The monoisotopic (exact) mass is 311 g/mol. The number of nitrogens with two attached hydrogens (primary N) is 1. The van der Waals surface area contributed by atoms with Crippen LogP contribution in [0.1, 0.15) is 16.5 Å². The lowest BCUT2D eigenvalue weighted by molar-refractivity contribution is 0.331. The molecule has 1 aliphatic heterocycles. The largest absolute Gasteiger partial charge is 0.370 e. The molecule has 2 N–H and O–H groups in total. The molecule has 0 fully saturated rings. The summed E-state index contributed by atoms with van der Waals surface area (Å²) in [6.07, 6.45) is 0. The lowest BCUT2D eigenvalue weighted by Crippen LogP contribution is -2.35. The number of aliphatic imine (C=N–C) groups is 1. The number of halogens is 3. The highest BCUT2D eigenvalue weighted by atomic mass is 32.1. The van der Waals surface area contributed by atoms with Gasteiger partial charge >= 0.3 is 0 Å². The van der Waals surface area contributed by atoms with E-state index in [0.717, 1.165) is 10.9 Å². The van der Waals surface area contributed by atoms with Gasteiger partial charge in [-0.25, -0.2) is 13.2 Å². The van der Waals surface area contributed by atoms with Crippen LogP contribution in [0.2, 0.25) is 0 Å². The van der Waals surface area contributed by atoms with E-state index < -0.39 is 23.5 Å². The van der Waals surface area contributed by atoms with Crippen LogP contribution in [0.15, 0.2) is 34.6 Å². The third kappa shape index (κ3) is 2.61. The van der Waals surface area contributed by atoms with Crippen molar-refractivity contribution in [2.45, 2.75) is 12.6 Å². The van der Waals surface area contributed by atoms with Gasteiger partial charge in [0.2, 0.25) is 0 Å². The quantitative estimate of drug-likeness (QED) is 0.885. The first kappa shape index (κ1) is 13.9. The molecule has 1 atom stereocenters. The van der Waals surface area contributed by atoms with E-state index in [4.69, 9.17) is 5.73 Å². The van der Waals surface area contributed by atoms with E-state index in [-0.39, 0.29) is 18.1 Å². The van der Waals surface area contributed by atoms with Gasteiger partial charge in [0, 0.05) is 16.5 Å². The van der Waals surface area contributed by atoms with Crippen molar-refractivity contribution in [1.82, 2.24) is 4.90 Å². The summed E-state index contributed by atoms with van der Waals surface area (Å²) in [4.78, 5) is 6.82. The van der Waals surface area contributed by atoms with Gasteiger partial charge < -0.3 is 10.6 Å². The average molecular weight is 311 g/mol.